The third kappa shape index (κ3) is 7.29. The van der Waals surface area contributed by atoms with Gasteiger partial charge in [-0.05, 0) is 99.2 Å². The summed E-state index contributed by atoms with van der Waals surface area (Å²) in [4.78, 5) is 28.1. The van der Waals surface area contributed by atoms with E-state index >= 15 is 0 Å². The van der Waals surface area contributed by atoms with Crippen LogP contribution >= 0.6 is 0 Å². The zero-order valence-electron chi connectivity index (χ0n) is 27.6. The van der Waals surface area contributed by atoms with Gasteiger partial charge in [0, 0.05) is 41.2 Å². The average Bonchev–Trinajstić information content (AvgIpc) is 3.04. The molecule has 1 aliphatic carbocycles. The number of carbonyl (C=O) groups excluding carboxylic acids is 2. The van der Waals surface area contributed by atoms with Crippen molar-refractivity contribution in [2.45, 2.75) is 45.4 Å². The van der Waals surface area contributed by atoms with Crippen molar-refractivity contribution in [3.8, 4) is 46.0 Å². The number of allylic oxidation sites excluding steroid dienone is 5. The summed E-state index contributed by atoms with van der Waals surface area (Å²) in [5.41, 5.74) is 2.74. The van der Waals surface area contributed by atoms with Crippen molar-refractivity contribution in [1.29, 1.82) is 0 Å². The van der Waals surface area contributed by atoms with Gasteiger partial charge >= 0.3 is 0 Å². The van der Waals surface area contributed by atoms with Crippen LogP contribution in [0.3, 0.4) is 0 Å². The summed E-state index contributed by atoms with van der Waals surface area (Å²) in [7, 11) is 0. The SMILES string of the molecule is CC(C)=CCc1cc(C(=O)[C@@H]2[C@@H](c3ccc(O)c(O)c3)CC(C)=C[C@H]2c2cc(C(=O)/C=C/c3ccc(O)cc3O)c(O)cc2O)c(O)cc1O. The Bertz CT molecular complexity index is 2080. The van der Waals surface area contributed by atoms with E-state index in [4.69, 9.17) is 0 Å². The Morgan fingerprint density at radius 1 is 0.720 bits per heavy atom. The van der Waals surface area contributed by atoms with E-state index in [-0.39, 0.29) is 51.7 Å². The molecule has 0 unspecified atom stereocenters. The van der Waals surface area contributed by atoms with Crippen LogP contribution in [0.15, 0.2) is 90.0 Å². The molecule has 5 rings (SSSR count). The molecule has 258 valence electrons. The van der Waals surface area contributed by atoms with E-state index in [0.717, 1.165) is 35.4 Å². The monoisotopic (exact) mass is 678 g/mol. The maximum Gasteiger partial charge on any atom is 0.189 e. The second-order valence-electron chi connectivity index (χ2n) is 12.8. The van der Waals surface area contributed by atoms with Gasteiger partial charge in [-0.3, -0.25) is 9.59 Å². The minimum atomic E-state index is -1.06. The quantitative estimate of drug-likeness (QED) is 0.0381. The molecule has 1 aliphatic rings. The lowest BCUT2D eigenvalue weighted by molar-refractivity contribution is 0.0877. The van der Waals surface area contributed by atoms with Crippen LogP contribution in [0.2, 0.25) is 0 Å². The summed E-state index contributed by atoms with van der Waals surface area (Å²) < 4.78 is 0. The summed E-state index contributed by atoms with van der Waals surface area (Å²) in [6.07, 6.45) is 6.65. The van der Waals surface area contributed by atoms with Crippen molar-refractivity contribution in [2.75, 3.05) is 0 Å². The van der Waals surface area contributed by atoms with Gasteiger partial charge in [0.15, 0.2) is 23.1 Å². The number of hydrogen-bond donors (Lipinski definition) is 8. The predicted molar refractivity (Wildman–Crippen MR) is 187 cm³/mol. The molecule has 10 nitrogen and oxygen atoms in total. The van der Waals surface area contributed by atoms with Crippen LogP contribution in [0.5, 0.6) is 46.0 Å². The van der Waals surface area contributed by atoms with Gasteiger partial charge < -0.3 is 40.9 Å². The second kappa shape index (κ2) is 14.1. The first-order valence-electron chi connectivity index (χ1n) is 15.9. The maximum atomic E-state index is 14.7. The first-order chi connectivity index (χ1) is 23.6. The predicted octanol–water partition coefficient (Wildman–Crippen LogP) is 7.45. The van der Waals surface area contributed by atoms with Crippen LogP contribution in [0.1, 0.15) is 82.0 Å². The molecule has 8 N–H and O–H groups in total. The molecular weight excluding hydrogens is 640 g/mol. The van der Waals surface area contributed by atoms with Crippen molar-refractivity contribution in [2.24, 2.45) is 5.92 Å². The van der Waals surface area contributed by atoms with Gasteiger partial charge in [0.2, 0.25) is 0 Å². The molecule has 0 heterocycles. The second-order valence-corrected chi connectivity index (χ2v) is 12.8. The number of phenolic OH excluding ortho intramolecular Hbond substituents is 8. The summed E-state index contributed by atoms with van der Waals surface area (Å²) in [5.74, 6) is -6.67. The van der Waals surface area contributed by atoms with Crippen LogP contribution in [0, 0.1) is 5.92 Å². The highest BCUT2D eigenvalue weighted by molar-refractivity contribution is 6.09. The summed E-state index contributed by atoms with van der Waals surface area (Å²) in [6.45, 7) is 5.60. The van der Waals surface area contributed by atoms with E-state index in [1.165, 1.54) is 42.5 Å². The molecule has 4 aromatic rings. The lowest BCUT2D eigenvalue weighted by Crippen LogP contribution is -2.31. The Morgan fingerprint density at radius 2 is 1.42 bits per heavy atom. The minimum Gasteiger partial charge on any atom is -0.508 e. The molecule has 0 radical (unpaired) electrons. The number of carbonyl (C=O) groups is 2. The normalized spacial score (nSPS) is 17.3. The number of benzene rings is 4. The van der Waals surface area contributed by atoms with Crippen LogP contribution < -0.4 is 0 Å². The molecule has 0 aromatic heterocycles. The number of rotatable bonds is 9. The molecule has 0 saturated heterocycles. The first kappa shape index (κ1) is 35.2. The fourth-order valence-electron chi connectivity index (χ4n) is 6.39. The summed E-state index contributed by atoms with van der Waals surface area (Å²) in [5, 5.41) is 83.7. The fourth-order valence-corrected chi connectivity index (χ4v) is 6.39. The Morgan fingerprint density at radius 3 is 2.10 bits per heavy atom. The highest BCUT2D eigenvalue weighted by Gasteiger charge is 2.42. The van der Waals surface area contributed by atoms with Crippen LogP contribution in [0.25, 0.3) is 6.08 Å². The molecule has 0 saturated carbocycles. The molecule has 0 bridgehead atoms. The van der Waals surface area contributed by atoms with Crippen molar-refractivity contribution in [3.05, 3.63) is 123 Å². The molecule has 0 spiro atoms. The highest BCUT2D eigenvalue weighted by Crippen LogP contribution is 2.51. The van der Waals surface area contributed by atoms with E-state index in [2.05, 4.69) is 0 Å². The lowest BCUT2D eigenvalue weighted by Gasteiger charge is -2.37. The number of hydrogen-bond acceptors (Lipinski definition) is 10. The number of ketones is 2. The van der Waals surface area contributed by atoms with Gasteiger partial charge in [-0.25, -0.2) is 0 Å². The Labute approximate surface area is 288 Å². The van der Waals surface area contributed by atoms with Crippen LogP contribution in [-0.4, -0.2) is 52.4 Å². The maximum absolute atomic E-state index is 14.7. The molecule has 0 aliphatic heterocycles. The van der Waals surface area contributed by atoms with Gasteiger partial charge in [-0.1, -0.05) is 29.4 Å². The van der Waals surface area contributed by atoms with Crippen molar-refractivity contribution < 1.29 is 50.4 Å². The van der Waals surface area contributed by atoms with Crippen LogP contribution in [0.4, 0.5) is 0 Å². The van der Waals surface area contributed by atoms with Crippen molar-refractivity contribution in [3.63, 3.8) is 0 Å². The van der Waals surface area contributed by atoms with Gasteiger partial charge in [0.1, 0.15) is 34.5 Å². The Kier molecular flexibility index (Phi) is 9.94. The Balaban J connectivity index is 1.66. The molecule has 3 atom stereocenters. The fraction of sp³-hybridized carbons (Fsp3) is 0.200. The largest absolute Gasteiger partial charge is 0.508 e. The Hall–Kier alpha value is -6.16. The molecular formula is C40H38O10. The third-order valence-corrected chi connectivity index (χ3v) is 8.95. The zero-order valence-corrected chi connectivity index (χ0v) is 27.6. The van der Waals surface area contributed by atoms with Crippen molar-refractivity contribution >= 4 is 17.6 Å². The lowest BCUT2D eigenvalue weighted by atomic mass is 9.65. The van der Waals surface area contributed by atoms with Gasteiger partial charge in [-0.2, -0.15) is 0 Å². The van der Waals surface area contributed by atoms with Gasteiger partial charge in [-0.15, -0.1) is 0 Å². The van der Waals surface area contributed by atoms with E-state index in [1.54, 1.807) is 12.1 Å². The number of Topliss-reactive ketones (excluding diaryl/α,β-unsaturated/α-hetero) is 1. The molecule has 0 fully saturated rings. The van der Waals surface area contributed by atoms with Gasteiger partial charge in [0.25, 0.3) is 0 Å². The molecule has 4 aromatic carbocycles. The van der Waals surface area contributed by atoms with Gasteiger partial charge in [0.05, 0.1) is 11.1 Å². The smallest absolute Gasteiger partial charge is 0.189 e. The standard InChI is InChI=1S/C40H38O10/c1-20(2)4-5-24-14-30(37(48)18-34(24)45)40(50)39-26(23-8-11-32(43)38(49)15-23)12-21(3)13-28(39)27-17-29(36(47)19-35(27)46)31(42)10-7-22-6-9-25(41)16-33(22)44/h4,6-11,13-19,26,28,39,41,43-49H,5,12H2,1-3H3/b10-7+/t26-,28+,39-/m1/s1. The van der Waals surface area contributed by atoms with E-state index in [9.17, 15) is 50.4 Å². The third-order valence-electron chi connectivity index (χ3n) is 8.95. The first-order valence-corrected chi connectivity index (χ1v) is 15.9. The number of aromatic hydroxyl groups is 8. The van der Waals surface area contributed by atoms with Crippen LogP contribution in [-0.2, 0) is 6.42 Å². The van der Waals surface area contributed by atoms with E-state index in [0.29, 0.717) is 17.5 Å². The topological polar surface area (TPSA) is 196 Å². The zero-order chi connectivity index (χ0) is 36.4. The van der Waals surface area contributed by atoms with Crippen molar-refractivity contribution in [1.82, 2.24) is 0 Å². The minimum absolute atomic E-state index is 0.0814. The average molecular weight is 679 g/mol. The molecule has 50 heavy (non-hydrogen) atoms. The van der Waals surface area contributed by atoms with E-state index in [1.807, 2.05) is 26.8 Å². The highest BCUT2D eigenvalue weighted by atomic mass is 16.3. The van der Waals surface area contributed by atoms with E-state index < -0.39 is 52.3 Å². The summed E-state index contributed by atoms with van der Waals surface area (Å²) in [6, 6.07) is 12.9. The summed E-state index contributed by atoms with van der Waals surface area (Å²) >= 11 is 0. The molecule has 0 amide bonds. The molecule has 10 heteroatoms. The number of phenols is 8.